The fraction of sp³-hybridized carbons (Fsp3) is 0.769. The Morgan fingerprint density at radius 1 is 0.389 bits per heavy atom. The van der Waals surface area contributed by atoms with Crippen molar-refractivity contribution in [1.82, 2.24) is 0 Å². The van der Waals surface area contributed by atoms with Gasteiger partial charge in [0.25, 0.3) is 0 Å². The monoisotopic (exact) mass is 743 g/mol. The van der Waals surface area contributed by atoms with E-state index in [1.165, 1.54) is 202 Å². The maximum absolute atomic E-state index is 6.25. The van der Waals surface area contributed by atoms with E-state index in [0.717, 1.165) is 23.7 Å². The summed E-state index contributed by atoms with van der Waals surface area (Å²) < 4.78 is 12.5. The van der Waals surface area contributed by atoms with Crippen molar-refractivity contribution in [3.05, 3.63) is 70.8 Å². The van der Waals surface area contributed by atoms with E-state index in [1.807, 2.05) is 0 Å². The fourth-order valence-corrected chi connectivity index (χ4v) is 9.55. The van der Waals surface area contributed by atoms with Crippen LogP contribution in [0.4, 0.5) is 0 Å². The first-order valence-corrected chi connectivity index (χ1v) is 23.9. The second kappa shape index (κ2) is 27.9. The molecule has 0 aliphatic heterocycles. The zero-order valence-electron chi connectivity index (χ0n) is 36.1. The highest BCUT2D eigenvalue weighted by Gasteiger charge is 2.22. The maximum Gasteiger partial charge on any atom is 0.0810 e. The quantitative estimate of drug-likeness (QED) is 0.0773. The van der Waals surface area contributed by atoms with Crippen LogP contribution in [-0.4, -0.2) is 12.2 Å². The lowest BCUT2D eigenvalue weighted by atomic mass is 9.78. The van der Waals surface area contributed by atoms with Crippen LogP contribution in [-0.2, 0) is 35.5 Å². The van der Waals surface area contributed by atoms with E-state index in [2.05, 4.69) is 76.2 Å². The summed E-state index contributed by atoms with van der Waals surface area (Å²) >= 11 is 0. The van der Waals surface area contributed by atoms with Gasteiger partial charge in [-0.25, -0.2) is 0 Å². The Labute approximate surface area is 335 Å². The van der Waals surface area contributed by atoms with Gasteiger partial charge in [0.15, 0.2) is 0 Å². The van der Waals surface area contributed by atoms with Crippen LogP contribution >= 0.6 is 0 Å². The summed E-state index contributed by atoms with van der Waals surface area (Å²) in [5.41, 5.74) is 5.45. The summed E-state index contributed by atoms with van der Waals surface area (Å²) in [4.78, 5) is 0. The molecule has 2 aliphatic rings. The van der Waals surface area contributed by atoms with Gasteiger partial charge >= 0.3 is 0 Å². The van der Waals surface area contributed by atoms with E-state index in [0.29, 0.717) is 13.2 Å². The molecule has 54 heavy (non-hydrogen) atoms. The molecule has 0 unspecified atom stereocenters. The normalized spacial score (nSPS) is 21.6. The molecule has 2 saturated carbocycles. The van der Waals surface area contributed by atoms with Gasteiger partial charge in [-0.2, -0.15) is 0 Å². The van der Waals surface area contributed by atoms with Gasteiger partial charge in [-0.3, -0.25) is 0 Å². The highest BCUT2D eigenvalue weighted by Crippen LogP contribution is 2.36. The second-order valence-electron chi connectivity index (χ2n) is 18.3. The standard InChI is InChI=1S/C52H86O2/c1-5-7-9-11-13-19-45-25-29-47(30-26-45)21-15-17-23-49-33-37-51(38-34-49)41-53-43(3)44(4)54-42-52-39-35-50(36-40-52)24-18-16-22-48-31-27-46(28-32-48)20-14-12-10-8-6-2/h33-40,43-48H,5-32,41-42H2,1-4H3/t43-,44-,45-,46-,47-,48-/m1/s1. The minimum absolute atomic E-state index is 0.0513. The van der Waals surface area contributed by atoms with Gasteiger partial charge in [0.05, 0.1) is 25.4 Å². The van der Waals surface area contributed by atoms with Crippen LogP contribution in [0.3, 0.4) is 0 Å². The third kappa shape index (κ3) is 19.0. The van der Waals surface area contributed by atoms with Crippen molar-refractivity contribution in [2.24, 2.45) is 23.7 Å². The Morgan fingerprint density at radius 3 is 0.981 bits per heavy atom. The Balaban J connectivity index is 0.984. The molecule has 2 aromatic carbocycles. The summed E-state index contributed by atoms with van der Waals surface area (Å²) in [6.45, 7) is 10.2. The third-order valence-electron chi connectivity index (χ3n) is 13.8. The zero-order chi connectivity index (χ0) is 38.1. The highest BCUT2D eigenvalue weighted by molar-refractivity contribution is 5.23. The van der Waals surface area contributed by atoms with Crippen LogP contribution in [0.5, 0.6) is 0 Å². The molecule has 0 amide bonds. The van der Waals surface area contributed by atoms with Crippen molar-refractivity contribution < 1.29 is 9.47 Å². The molecule has 2 aromatic rings. The molecule has 0 aromatic heterocycles. The Hall–Kier alpha value is -1.64. The minimum atomic E-state index is 0.0513. The molecule has 0 saturated heterocycles. The molecule has 0 N–H and O–H groups in total. The van der Waals surface area contributed by atoms with Crippen molar-refractivity contribution in [2.45, 2.75) is 233 Å². The van der Waals surface area contributed by atoms with E-state index in [4.69, 9.17) is 9.47 Å². The summed E-state index contributed by atoms with van der Waals surface area (Å²) in [7, 11) is 0. The lowest BCUT2D eigenvalue weighted by molar-refractivity contribution is -0.0687. The predicted molar refractivity (Wildman–Crippen MR) is 234 cm³/mol. The first-order valence-electron chi connectivity index (χ1n) is 23.9. The van der Waals surface area contributed by atoms with E-state index < -0.39 is 0 Å². The third-order valence-corrected chi connectivity index (χ3v) is 13.8. The van der Waals surface area contributed by atoms with Crippen LogP contribution in [0.15, 0.2) is 48.5 Å². The molecule has 2 nitrogen and oxygen atoms in total. The maximum atomic E-state index is 6.25. The number of benzene rings is 2. The summed E-state index contributed by atoms with van der Waals surface area (Å²) in [6, 6.07) is 18.3. The molecule has 0 spiro atoms. The number of hydrogen-bond donors (Lipinski definition) is 0. The molecule has 2 aliphatic carbocycles. The molecule has 0 bridgehead atoms. The molecule has 0 radical (unpaired) electrons. The zero-order valence-corrected chi connectivity index (χ0v) is 36.1. The van der Waals surface area contributed by atoms with Crippen LogP contribution in [0.25, 0.3) is 0 Å². The van der Waals surface area contributed by atoms with Crippen LogP contribution < -0.4 is 0 Å². The molecule has 0 heterocycles. The number of unbranched alkanes of at least 4 members (excludes halogenated alkanes) is 10. The number of aryl methyl sites for hydroxylation is 2. The van der Waals surface area contributed by atoms with Gasteiger partial charge in [-0.05, 0) is 85.5 Å². The van der Waals surface area contributed by atoms with Crippen molar-refractivity contribution >= 4 is 0 Å². The Bertz CT molecular complexity index is 1060. The lowest BCUT2D eigenvalue weighted by Crippen LogP contribution is -2.26. The van der Waals surface area contributed by atoms with Gasteiger partial charge in [0.1, 0.15) is 0 Å². The lowest BCUT2D eigenvalue weighted by Gasteiger charge is -2.28. The Kier molecular flexibility index (Phi) is 23.3. The van der Waals surface area contributed by atoms with Crippen molar-refractivity contribution in [2.75, 3.05) is 0 Å². The summed E-state index contributed by atoms with van der Waals surface area (Å²) in [5.74, 6) is 4.05. The average molecular weight is 743 g/mol. The first-order chi connectivity index (χ1) is 26.5. The van der Waals surface area contributed by atoms with E-state index in [1.54, 1.807) is 0 Å². The molecule has 306 valence electrons. The van der Waals surface area contributed by atoms with E-state index >= 15 is 0 Å². The topological polar surface area (TPSA) is 18.5 Å². The van der Waals surface area contributed by atoms with Gasteiger partial charge in [-0.1, -0.05) is 216 Å². The molecule has 2 fully saturated rings. The summed E-state index contributed by atoms with van der Waals surface area (Å²) in [5, 5.41) is 0. The SMILES string of the molecule is CCCCCCC[C@H]1CC[C@H](CCCCc2ccc(CO[C@H](C)[C@@H](C)OCc3ccc(CCCC[C@H]4CC[C@H](CCCCCCC)CC4)cc3)cc2)CC1. The first kappa shape index (κ1) is 45.1. The molecular weight excluding hydrogens is 657 g/mol. The van der Waals surface area contributed by atoms with Gasteiger partial charge in [0.2, 0.25) is 0 Å². The van der Waals surface area contributed by atoms with Crippen LogP contribution in [0.2, 0.25) is 0 Å². The average Bonchev–Trinajstić information content (AvgIpc) is 3.21. The Morgan fingerprint density at radius 2 is 0.667 bits per heavy atom. The van der Waals surface area contributed by atoms with Crippen molar-refractivity contribution in [1.29, 1.82) is 0 Å². The van der Waals surface area contributed by atoms with Crippen LogP contribution in [0.1, 0.15) is 217 Å². The van der Waals surface area contributed by atoms with E-state index in [9.17, 15) is 0 Å². The summed E-state index contributed by atoms with van der Waals surface area (Å²) in [6.07, 6.45) is 40.1. The van der Waals surface area contributed by atoms with E-state index in [-0.39, 0.29) is 12.2 Å². The van der Waals surface area contributed by atoms with Gasteiger partial charge in [-0.15, -0.1) is 0 Å². The predicted octanol–water partition coefficient (Wildman–Crippen LogP) is 16.0. The van der Waals surface area contributed by atoms with Gasteiger partial charge < -0.3 is 9.47 Å². The highest BCUT2D eigenvalue weighted by atomic mass is 16.5. The van der Waals surface area contributed by atoms with Crippen LogP contribution in [0, 0.1) is 23.7 Å². The number of ether oxygens (including phenoxy) is 2. The molecular formula is C52H86O2. The molecule has 2 atom stereocenters. The smallest absolute Gasteiger partial charge is 0.0810 e. The van der Waals surface area contributed by atoms with Crippen molar-refractivity contribution in [3.63, 3.8) is 0 Å². The second-order valence-corrected chi connectivity index (χ2v) is 18.3. The van der Waals surface area contributed by atoms with Gasteiger partial charge in [0, 0.05) is 0 Å². The number of hydrogen-bond acceptors (Lipinski definition) is 2. The molecule has 2 heteroatoms. The minimum Gasteiger partial charge on any atom is -0.371 e. The van der Waals surface area contributed by atoms with Crippen molar-refractivity contribution in [3.8, 4) is 0 Å². The fourth-order valence-electron chi connectivity index (χ4n) is 9.55. The number of rotatable bonds is 29. The molecule has 4 rings (SSSR count). The largest absolute Gasteiger partial charge is 0.371 e.